The van der Waals surface area contributed by atoms with Gasteiger partial charge < -0.3 is 19.3 Å². The first-order chi connectivity index (χ1) is 13.8. The molecule has 0 atom stereocenters. The predicted octanol–water partition coefficient (Wildman–Crippen LogP) is 4.40. The molecule has 2 heterocycles. The summed E-state index contributed by atoms with van der Waals surface area (Å²) < 4.78 is 11.6. The first-order valence-corrected chi connectivity index (χ1v) is 10.4. The van der Waals surface area contributed by atoms with E-state index in [1.165, 1.54) is 12.8 Å². The van der Waals surface area contributed by atoms with Crippen molar-refractivity contribution in [3.8, 4) is 11.8 Å². The number of nitriles is 1. The highest BCUT2D eigenvalue weighted by Crippen LogP contribution is 2.24. The molecule has 0 bridgehead atoms. The van der Waals surface area contributed by atoms with Crippen LogP contribution in [-0.2, 0) is 4.74 Å². The maximum atomic E-state index is 12.2. The predicted molar refractivity (Wildman–Crippen MR) is 112 cm³/mol. The van der Waals surface area contributed by atoms with Crippen molar-refractivity contribution in [1.29, 1.82) is 5.26 Å². The minimum atomic E-state index is -0.480. The van der Waals surface area contributed by atoms with E-state index in [1.807, 2.05) is 45.0 Å². The zero-order valence-electron chi connectivity index (χ0n) is 17.7. The van der Waals surface area contributed by atoms with Crippen molar-refractivity contribution in [1.82, 2.24) is 9.80 Å². The van der Waals surface area contributed by atoms with Crippen molar-refractivity contribution in [3.05, 3.63) is 35.5 Å². The number of carbonyl (C=O) groups excluding carboxylic acids is 1. The molecule has 2 fully saturated rings. The highest BCUT2D eigenvalue weighted by molar-refractivity contribution is 5.68. The van der Waals surface area contributed by atoms with Crippen LogP contribution in [0.5, 0.6) is 5.75 Å². The Kier molecular flexibility index (Phi) is 6.68. The summed E-state index contributed by atoms with van der Waals surface area (Å²) in [5.41, 5.74) is 1.04. The molecule has 0 unspecified atom stereocenters. The average Bonchev–Trinajstić information content (AvgIpc) is 3.19. The van der Waals surface area contributed by atoms with E-state index in [-0.39, 0.29) is 12.2 Å². The Morgan fingerprint density at radius 1 is 1.17 bits per heavy atom. The van der Waals surface area contributed by atoms with Crippen LogP contribution >= 0.6 is 0 Å². The molecule has 6 heteroatoms. The van der Waals surface area contributed by atoms with E-state index in [4.69, 9.17) is 9.47 Å². The van der Waals surface area contributed by atoms with Crippen molar-refractivity contribution in [2.75, 3.05) is 26.2 Å². The molecule has 1 amide bonds. The van der Waals surface area contributed by atoms with Crippen LogP contribution in [0.15, 0.2) is 24.4 Å². The first kappa shape index (κ1) is 21.0. The largest absolute Gasteiger partial charge is 0.490 e. The Morgan fingerprint density at radius 2 is 1.86 bits per heavy atom. The summed E-state index contributed by atoms with van der Waals surface area (Å²) in [7, 11) is 0. The smallest absolute Gasteiger partial charge is 0.410 e. The summed E-state index contributed by atoms with van der Waals surface area (Å²) in [6.45, 7) is 9.02. The first-order valence-electron chi connectivity index (χ1n) is 10.4. The van der Waals surface area contributed by atoms with Crippen LogP contribution in [-0.4, -0.2) is 53.8 Å². The molecule has 29 heavy (non-hydrogen) atoms. The van der Waals surface area contributed by atoms with Gasteiger partial charge in [0.2, 0.25) is 0 Å². The van der Waals surface area contributed by atoms with Gasteiger partial charge in [-0.15, -0.1) is 0 Å². The average molecular weight is 398 g/mol. The molecule has 2 aliphatic heterocycles. The van der Waals surface area contributed by atoms with Gasteiger partial charge in [-0.25, -0.2) is 4.79 Å². The van der Waals surface area contributed by atoms with Crippen LogP contribution in [0.1, 0.15) is 57.6 Å². The van der Waals surface area contributed by atoms with Gasteiger partial charge in [0.25, 0.3) is 0 Å². The Morgan fingerprint density at radius 3 is 2.48 bits per heavy atom. The Hall–Kier alpha value is -2.68. The summed E-state index contributed by atoms with van der Waals surface area (Å²) in [5, 5.41) is 9.40. The number of hydrogen-bond donors (Lipinski definition) is 0. The number of rotatable bonds is 4. The number of nitrogens with zero attached hydrogens (tertiary/aromatic N) is 3. The quantitative estimate of drug-likeness (QED) is 0.753. The summed E-state index contributed by atoms with van der Waals surface area (Å²) in [5.74, 6) is 0.765. The molecular weight excluding hydrogens is 366 g/mol. The lowest BCUT2D eigenvalue weighted by Crippen LogP contribution is -2.44. The highest BCUT2D eigenvalue weighted by atomic mass is 16.6. The Balaban J connectivity index is 1.57. The van der Waals surface area contributed by atoms with Crippen molar-refractivity contribution in [2.45, 2.75) is 58.2 Å². The molecule has 0 saturated carbocycles. The van der Waals surface area contributed by atoms with E-state index in [0.29, 0.717) is 18.7 Å². The molecule has 6 nitrogen and oxygen atoms in total. The molecule has 1 aromatic rings. The monoisotopic (exact) mass is 397 g/mol. The lowest BCUT2D eigenvalue weighted by Gasteiger charge is -2.33. The molecule has 0 radical (unpaired) electrons. The number of ether oxygens (including phenoxy) is 2. The lowest BCUT2D eigenvalue weighted by atomic mass is 10.1. The molecule has 0 aromatic heterocycles. The molecular formula is C23H31N3O3. The van der Waals surface area contributed by atoms with Crippen LogP contribution in [0.2, 0.25) is 0 Å². The summed E-state index contributed by atoms with van der Waals surface area (Å²) in [4.78, 5) is 16.2. The zero-order valence-corrected chi connectivity index (χ0v) is 17.7. The number of amides is 1. The molecule has 156 valence electrons. The minimum absolute atomic E-state index is 0.0528. The molecule has 1 aromatic carbocycles. The van der Waals surface area contributed by atoms with Crippen molar-refractivity contribution in [2.24, 2.45) is 0 Å². The molecule has 0 aliphatic carbocycles. The van der Waals surface area contributed by atoms with Crippen molar-refractivity contribution >= 4 is 12.2 Å². The second-order valence-electron chi connectivity index (χ2n) is 8.70. The molecule has 3 rings (SSSR count). The second-order valence-corrected chi connectivity index (χ2v) is 8.70. The minimum Gasteiger partial charge on any atom is -0.490 e. The maximum absolute atomic E-state index is 12.2. The van der Waals surface area contributed by atoms with Gasteiger partial charge in [-0.3, -0.25) is 0 Å². The fraction of sp³-hybridized carbons (Fsp3) is 0.565. The van der Waals surface area contributed by atoms with Crippen molar-refractivity contribution < 1.29 is 14.3 Å². The van der Waals surface area contributed by atoms with E-state index < -0.39 is 5.60 Å². The number of hydrogen-bond acceptors (Lipinski definition) is 5. The summed E-state index contributed by atoms with van der Waals surface area (Å²) in [6.07, 6.45) is 7.84. The van der Waals surface area contributed by atoms with Gasteiger partial charge >= 0.3 is 6.09 Å². The van der Waals surface area contributed by atoms with Crippen LogP contribution in [0.4, 0.5) is 4.79 Å². The van der Waals surface area contributed by atoms with Crippen LogP contribution in [0, 0.1) is 11.3 Å². The fourth-order valence-corrected chi connectivity index (χ4v) is 3.61. The third kappa shape index (κ3) is 6.15. The molecule has 2 saturated heterocycles. The van der Waals surface area contributed by atoms with Gasteiger partial charge in [-0.2, -0.15) is 5.26 Å². The Bertz CT molecular complexity index is 778. The van der Waals surface area contributed by atoms with Crippen LogP contribution < -0.4 is 4.74 Å². The molecule has 0 N–H and O–H groups in total. The third-order valence-corrected chi connectivity index (χ3v) is 5.15. The highest BCUT2D eigenvalue weighted by Gasteiger charge is 2.27. The summed E-state index contributed by atoms with van der Waals surface area (Å²) in [6, 6.07) is 7.86. The lowest BCUT2D eigenvalue weighted by molar-refractivity contribution is 0.0126. The van der Waals surface area contributed by atoms with E-state index >= 15 is 0 Å². The van der Waals surface area contributed by atoms with E-state index in [0.717, 1.165) is 37.2 Å². The van der Waals surface area contributed by atoms with Gasteiger partial charge in [-0.1, -0.05) is 0 Å². The van der Waals surface area contributed by atoms with E-state index in [2.05, 4.69) is 17.2 Å². The number of carbonyl (C=O) groups is 1. The van der Waals surface area contributed by atoms with Crippen LogP contribution in [0.25, 0.3) is 6.08 Å². The molecule has 0 spiro atoms. The third-order valence-electron chi connectivity index (χ3n) is 5.15. The van der Waals surface area contributed by atoms with Crippen molar-refractivity contribution in [3.63, 3.8) is 0 Å². The Labute approximate surface area is 173 Å². The zero-order chi connectivity index (χ0) is 20.9. The van der Waals surface area contributed by atoms with E-state index in [1.54, 1.807) is 4.90 Å². The van der Waals surface area contributed by atoms with Gasteiger partial charge in [0.05, 0.1) is 11.6 Å². The normalized spacial score (nSPS) is 18.1. The van der Waals surface area contributed by atoms with Gasteiger partial charge in [0.1, 0.15) is 17.5 Å². The number of piperidine rings is 1. The van der Waals surface area contributed by atoms with E-state index in [9.17, 15) is 10.1 Å². The standard InChI is InChI=1S/C23H31N3O3/c1-23(2,3)29-22(27)26-14-9-20(10-15-26)28-21-7-6-19(17-24)18(16-21)8-13-25-11-4-5-12-25/h6-8,13,16,20H,4-5,9-12,14-15H2,1-3H3. The number of likely N-dealkylation sites (tertiary alicyclic amines) is 2. The van der Waals surface area contributed by atoms with Gasteiger partial charge in [0, 0.05) is 39.0 Å². The summed E-state index contributed by atoms with van der Waals surface area (Å²) >= 11 is 0. The maximum Gasteiger partial charge on any atom is 0.410 e. The van der Waals surface area contributed by atoms with Crippen LogP contribution in [0.3, 0.4) is 0 Å². The SMILES string of the molecule is CC(C)(C)OC(=O)N1CCC(Oc2ccc(C#N)c(C=CN3CCCC3)c2)CC1. The topological polar surface area (TPSA) is 65.8 Å². The van der Waals surface area contributed by atoms with Gasteiger partial charge in [-0.05, 0) is 69.7 Å². The molecule has 2 aliphatic rings. The van der Waals surface area contributed by atoms with Gasteiger partial charge in [0.15, 0.2) is 0 Å². The second kappa shape index (κ2) is 9.21. The number of benzene rings is 1. The fourth-order valence-electron chi connectivity index (χ4n) is 3.61.